The van der Waals surface area contributed by atoms with Crippen LogP contribution in [0.25, 0.3) is 11.2 Å². The number of rotatable bonds is 12. The van der Waals surface area contributed by atoms with Crippen LogP contribution in [0, 0.1) is 5.92 Å². The number of hydrogen-bond donors (Lipinski definition) is 4. The summed E-state index contributed by atoms with van der Waals surface area (Å²) in [6.45, 7) is -0.419. The summed E-state index contributed by atoms with van der Waals surface area (Å²) in [4.78, 5) is 64.2. The van der Waals surface area contributed by atoms with Crippen LogP contribution in [0.2, 0.25) is 0 Å². The van der Waals surface area contributed by atoms with E-state index >= 15 is 4.39 Å². The van der Waals surface area contributed by atoms with E-state index in [1.165, 1.54) is 37.4 Å². The molecule has 0 radical (unpaired) electrons. The summed E-state index contributed by atoms with van der Waals surface area (Å²) in [7, 11) is -1.34. The topological polar surface area (TPSA) is 275 Å². The Morgan fingerprint density at radius 1 is 1.15 bits per heavy atom. The number of hydrogen-bond acceptors (Lipinski definition) is 16. The molecule has 5 rings (SSSR count). The van der Waals surface area contributed by atoms with Gasteiger partial charge in [0.25, 0.3) is 13.4 Å². The lowest BCUT2D eigenvalue weighted by Gasteiger charge is -2.29. The van der Waals surface area contributed by atoms with Crippen molar-refractivity contribution in [3.8, 4) is 0 Å². The Morgan fingerprint density at radius 3 is 2.57 bits per heavy atom. The maximum Gasteiger partial charge on any atom is 0.351 e. The van der Waals surface area contributed by atoms with E-state index in [2.05, 4.69) is 29.8 Å². The number of carbonyl (C=O) groups excluding carboxylic acids is 1. The maximum absolute atomic E-state index is 15.7. The molecule has 1 unspecified atom stereocenters. The molecule has 6 N–H and O–H groups in total. The van der Waals surface area contributed by atoms with Crippen molar-refractivity contribution in [1.82, 2.24) is 34.4 Å². The minimum absolute atomic E-state index is 0.0122. The Hall–Kier alpha value is -3.82. The predicted octanol–water partition coefficient (Wildman–Crippen LogP) is -2.04. The number of amides is 1. The minimum atomic E-state index is -4.88. The Morgan fingerprint density at radius 2 is 1.89 bits per heavy atom. The smallest absolute Gasteiger partial charge is 0.351 e. The number of ether oxygens (including phenoxy) is 4. The standard InChI is InChI=1S/C24H33FN9O11P/c1-40-8-12-10(15(25)21(44-12)33-5-4-13(26)30-24(33)37)6-14(35)28-7-11-17(45-46(38,39)42-3)18(41-2)22(43-11)34-9-29-16-19(34)31-23(27)32-20(16)36/h4-5,9-12,15,17-18,21-22H,6-8H2,1-3H3,(H,28,35)(H,38,39)(H2,26,30,37)(H3,27,31,32,36)/p-1/t10-,11-,12-,15-,17-,18-,21-,22-/m1/s1. The van der Waals surface area contributed by atoms with Crippen LogP contribution in [0.3, 0.4) is 0 Å². The molecule has 22 heteroatoms. The molecule has 2 fully saturated rings. The van der Waals surface area contributed by atoms with Gasteiger partial charge in [-0.1, -0.05) is 0 Å². The molecular formula is C24H32FN9O11P-. The number of anilines is 2. The molecule has 0 bridgehead atoms. The molecule has 2 aliphatic rings. The van der Waals surface area contributed by atoms with Gasteiger partial charge in [0.15, 0.2) is 29.8 Å². The molecule has 2 saturated heterocycles. The van der Waals surface area contributed by atoms with Gasteiger partial charge in [-0.25, -0.2) is 14.2 Å². The minimum Gasteiger partial charge on any atom is -0.756 e. The van der Waals surface area contributed by atoms with Gasteiger partial charge in [0.05, 0.1) is 19.0 Å². The third-order valence-corrected chi connectivity index (χ3v) is 8.56. The van der Waals surface area contributed by atoms with Crippen LogP contribution < -0.4 is 32.9 Å². The summed E-state index contributed by atoms with van der Waals surface area (Å²) in [5.74, 6) is -1.97. The molecule has 9 atom stereocenters. The summed E-state index contributed by atoms with van der Waals surface area (Å²) in [6.07, 6.45) is -6.94. The van der Waals surface area contributed by atoms with Gasteiger partial charge in [-0.3, -0.25) is 28.3 Å². The van der Waals surface area contributed by atoms with Crippen molar-refractivity contribution in [2.75, 3.05) is 45.9 Å². The number of nitrogens with one attached hydrogen (secondary N) is 2. The molecule has 0 saturated carbocycles. The summed E-state index contributed by atoms with van der Waals surface area (Å²) in [5, 5.41) is 2.60. The number of nitrogen functional groups attached to an aromatic ring is 2. The fraction of sp³-hybridized carbons (Fsp3) is 0.583. The number of nitrogens with zero attached hydrogens (tertiary/aromatic N) is 5. The Labute approximate surface area is 258 Å². The van der Waals surface area contributed by atoms with E-state index in [0.717, 1.165) is 11.7 Å². The largest absolute Gasteiger partial charge is 0.756 e. The van der Waals surface area contributed by atoms with Gasteiger partial charge in [-0.2, -0.15) is 9.97 Å². The van der Waals surface area contributed by atoms with Crippen molar-refractivity contribution in [3.05, 3.63) is 39.4 Å². The predicted molar refractivity (Wildman–Crippen MR) is 151 cm³/mol. The second-order valence-electron chi connectivity index (χ2n) is 10.4. The van der Waals surface area contributed by atoms with Gasteiger partial charge in [-0.05, 0) is 6.07 Å². The highest BCUT2D eigenvalue weighted by Crippen LogP contribution is 2.45. The first-order valence-electron chi connectivity index (χ1n) is 13.7. The monoisotopic (exact) mass is 672 g/mol. The Kier molecular flexibility index (Phi) is 9.84. The Bertz CT molecular complexity index is 1740. The molecule has 0 aliphatic carbocycles. The molecule has 3 aromatic rings. The number of alkyl halides is 1. The van der Waals surface area contributed by atoms with Gasteiger partial charge in [-0.15, -0.1) is 0 Å². The molecule has 46 heavy (non-hydrogen) atoms. The zero-order valence-corrected chi connectivity index (χ0v) is 25.6. The molecule has 1 amide bonds. The van der Waals surface area contributed by atoms with E-state index in [1.807, 2.05) is 0 Å². The molecule has 2 aliphatic heterocycles. The van der Waals surface area contributed by atoms with Crippen LogP contribution in [-0.2, 0) is 37.4 Å². The number of phosphoric ester groups is 1. The Balaban J connectivity index is 1.34. The molecule has 0 spiro atoms. The van der Waals surface area contributed by atoms with Crippen molar-refractivity contribution in [2.24, 2.45) is 5.92 Å². The lowest BCUT2D eigenvalue weighted by molar-refractivity contribution is -0.231. The van der Waals surface area contributed by atoms with Crippen LogP contribution in [0.5, 0.6) is 0 Å². The van der Waals surface area contributed by atoms with E-state index in [1.54, 1.807) is 0 Å². The summed E-state index contributed by atoms with van der Waals surface area (Å²) >= 11 is 0. The number of carbonyl (C=O) groups is 1. The highest BCUT2D eigenvalue weighted by atomic mass is 31.2. The van der Waals surface area contributed by atoms with Crippen LogP contribution in [0.15, 0.2) is 28.2 Å². The summed E-state index contributed by atoms with van der Waals surface area (Å²) < 4.78 is 62.5. The number of aromatic amines is 1. The van der Waals surface area contributed by atoms with Crippen LogP contribution >= 0.6 is 7.82 Å². The molecule has 0 aromatic carbocycles. The fourth-order valence-corrected chi connectivity index (χ4v) is 6.12. The number of fused-ring (bicyclic) bond motifs is 1. The van der Waals surface area contributed by atoms with E-state index in [4.69, 9.17) is 34.9 Å². The first kappa shape index (κ1) is 33.5. The van der Waals surface area contributed by atoms with Gasteiger partial charge < -0.3 is 49.7 Å². The number of nitrogens with two attached hydrogens (primary N) is 2. The van der Waals surface area contributed by atoms with E-state index in [-0.39, 0.29) is 36.1 Å². The van der Waals surface area contributed by atoms with Gasteiger partial charge in [0.2, 0.25) is 11.9 Å². The number of halogens is 1. The van der Waals surface area contributed by atoms with Gasteiger partial charge in [0.1, 0.15) is 24.1 Å². The van der Waals surface area contributed by atoms with E-state index < -0.39 is 80.4 Å². The number of phosphoric acid groups is 1. The highest BCUT2D eigenvalue weighted by molar-refractivity contribution is 7.45. The van der Waals surface area contributed by atoms with Gasteiger partial charge in [0, 0.05) is 46.4 Å². The van der Waals surface area contributed by atoms with E-state index in [9.17, 15) is 23.8 Å². The molecule has 20 nitrogen and oxygen atoms in total. The van der Waals surface area contributed by atoms with Crippen LogP contribution in [0.1, 0.15) is 18.9 Å². The quantitative estimate of drug-likeness (QED) is 0.151. The van der Waals surface area contributed by atoms with Crippen molar-refractivity contribution in [2.45, 2.75) is 49.5 Å². The highest BCUT2D eigenvalue weighted by Gasteiger charge is 2.50. The van der Waals surface area contributed by atoms with Crippen molar-refractivity contribution in [1.29, 1.82) is 0 Å². The zero-order valence-electron chi connectivity index (χ0n) is 24.7. The summed E-state index contributed by atoms with van der Waals surface area (Å²) in [6, 6.07) is 1.31. The van der Waals surface area contributed by atoms with Gasteiger partial charge >= 0.3 is 5.69 Å². The molecule has 5 heterocycles. The second kappa shape index (κ2) is 13.5. The number of imidazole rings is 1. The lowest BCUT2D eigenvalue weighted by Crippen LogP contribution is -2.43. The normalized spacial score (nSPS) is 29.2. The van der Waals surface area contributed by atoms with Crippen LogP contribution in [0.4, 0.5) is 16.2 Å². The third-order valence-electron chi connectivity index (χ3n) is 7.61. The molecule has 3 aromatic heterocycles. The second-order valence-corrected chi connectivity index (χ2v) is 11.9. The first-order chi connectivity index (χ1) is 21.9. The molecular weight excluding hydrogens is 640 g/mol. The number of aromatic nitrogens is 6. The number of H-pyrrole nitrogens is 1. The number of methoxy groups -OCH3 is 2. The van der Waals surface area contributed by atoms with Crippen LogP contribution in [-0.4, -0.2) is 100 Å². The van der Waals surface area contributed by atoms with Crippen molar-refractivity contribution < 1.29 is 46.6 Å². The molecule has 252 valence electrons. The first-order valence-corrected chi connectivity index (χ1v) is 15.2. The zero-order chi connectivity index (χ0) is 33.3. The van der Waals surface area contributed by atoms with Crippen molar-refractivity contribution in [3.63, 3.8) is 0 Å². The fourth-order valence-electron chi connectivity index (χ4n) is 5.48. The third kappa shape index (κ3) is 6.67. The maximum atomic E-state index is 15.7. The lowest BCUT2D eigenvalue weighted by atomic mass is 9.95. The average molecular weight is 673 g/mol. The van der Waals surface area contributed by atoms with Crippen molar-refractivity contribution >= 4 is 36.7 Å². The summed E-state index contributed by atoms with van der Waals surface area (Å²) in [5.41, 5.74) is 9.71. The van der Waals surface area contributed by atoms with E-state index in [0.29, 0.717) is 0 Å². The average Bonchev–Trinajstić information content (AvgIpc) is 3.66. The SMILES string of the molecule is COC[C@H]1O[C@@H](n2ccc(N)nc2=O)[C@H](F)[C@@H]1CC(=O)NC[C@H]1O[C@@H](n2cnc3c(=O)[nH]c(N)nc32)[C@H](OC)[C@@H]1OP(=O)([O-])OC.